The van der Waals surface area contributed by atoms with Gasteiger partial charge in [-0.25, -0.2) is 9.48 Å². The molecule has 9 heteroatoms. The van der Waals surface area contributed by atoms with E-state index in [2.05, 4.69) is 26.3 Å². The summed E-state index contributed by atoms with van der Waals surface area (Å²) in [5, 5.41) is 8.17. The van der Waals surface area contributed by atoms with Gasteiger partial charge in [-0.2, -0.15) is 0 Å². The molecule has 8 nitrogen and oxygen atoms in total. The Bertz CT molecular complexity index is 1000. The minimum Gasteiger partial charge on any atom is -0.369 e. The van der Waals surface area contributed by atoms with Gasteiger partial charge in [0.1, 0.15) is 0 Å². The topological polar surface area (TPSA) is 75.4 Å². The van der Waals surface area contributed by atoms with Gasteiger partial charge in [0.05, 0.1) is 0 Å². The molecule has 2 aromatic rings. The SMILES string of the molecule is Cn1nc(N[C@H]2CC[C@H](N3CCN(c4cccc(Cl)c4)CC3)CC2)c(=O)n(C)c1=O. The van der Waals surface area contributed by atoms with E-state index in [1.54, 1.807) is 7.05 Å². The van der Waals surface area contributed by atoms with Gasteiger partial charge >= 0.3 is 5.69 Å². The van der Waals surface area contributed by atoms with Crippen molar-refractivity contribution < 1.29 is 0 Å². The number of hydrogen-bond acceptors (Lipinski definition) is 6. The molecule has 4 rings (SSSR count). The van der Waals surface area contributed by atoms with Crippen molar-refractivity contribution >= 4 is 23.1 Å². The molecule has 0 unspecified atom stereocenters. The summed E-state index contributed by atoms with van der Waals surface area (Å²) >= 11 is 6.14. The standard InChI is InChI=1S/C21H29ClN6O2/c1-25-20(29)19(24-26(2)21(25)30)23-16-6-8-17(9-7-16)27-10-12-28(13-11-27)18-5-3-4-15(22)14-18/h3-5,14,16-17H,6-13H2,1-2H3,(H,23,24)/t16-,17-. The second-order valence-corrected chi connectivity index (χ2v) is 8.71. The lowest BCUT2D eigenvalue weighted by atomic mass is 9.89. The lowest BCUT2D eigenvalue weighted by Gasteiger charge is -2.42. The fourth-order valence-electron chi connectivity index (χ4n) is 4.59. The van der Waals surface area contributed by atoms with Crippen LogP contribution < -0.4 is 21.5 Å². The predicted octanol–water partition coefficient (Wildman–Crippen LogP) is 1.68. The summed E-state index contributed by atoms with van der Waals surface area (Å²) in [5.41, 5.74) is 0.421. The Hall–Kier alpha value is -2.32. The number of anilines is 2. The zero-order valence-electron chi connectivity index (χ0n) is 17.6. The molecule has 1 aliphatic carbocycles. The molecular weight excluding hydrogens is 404 g/mol. The van der Waals surface area contributed by atoms with Crippen molar-refractivity contribution in [3.63, 3.8) is 0 Å². The van der Waals surface area contributed by atoms with Gasteiger partial charge in [0, 0.05) is 63.1 Å². The van der Waals surface area contributed by atoms with Crippen LogP contribution in [0.2, 0.25) is 5.02 Å². The Morgan fingerprint density at radius 1 is 1.03 bits per heavy atom. The zero-order chi connectivity index (χ0) is 21.3. The summed E-state index contributed by atoms with van der Waals surface area (Å²) in [4.78, 5) is 29.1. The van der Waals surface area contributed by atoms with Crippen molar-refractivity contribution in [3.05, 3.63) is 50.1 Å². The molecule has 30 heavy (non-hydrogen) atoms. The van der Waals surface area contributed by atoms with E-state index in [1.165, 1.54) is 17.4 Å². The third kappa shape index (κ3) is 4.39. The lowest BCUT2D eigenvalue weighted by Crippen LogP contribution is -2.52. The van der Waals surface area contributed by atoms with Crippen LogP contribution >= 0.6 is 11.6 Å². The van der Waals surface area contributed by atoms with Gasteiger partial charge in [0.2, 0.25) is 5.82 Å². The average Bonchev–Trinajstić information content (AvgIpc) is 2.77. The number of aryl methyl sites for hydroxylation is 1. The first-order valence-electron chi connectivity index (χ1n) is 10.6. The van der Waals surface area contributed by atoms with Gasteiger partial charge in [0.15, 0.2) is 0 Å². The van der Waals surface area contributed by atoms with E-state index in [0.29, 0.717) is 6.04 Å². The molecule has 0 atom stereocenters. The van der Waals surface area contributed by atoms with Crippen LogP contribution in [0.3, 0.4) is 0 Å². The van der Waals surface area contributed by atoms with E-state index in [0.717, 1.165) is 61.5 Å². The maximum absolute atomic E-state index is 12.3. The van der Waals surface area contributed by atoms with Crippen LogP contribution in [0.1, 0.15) is 25.7 Å². The Kier molecular flexibility index (Phi) is 6.15. The fraction of sp³-hybridized carbons (Fsp3) is 0.571. The number of halogens is 1. The first-order chi connectivity index (χ1) is 14.4. The molecule has 0 radical (unpaired) electrons. The summed E-state index contributed by atoms with van der Waals surface area (Å²) in [6, 6.07) is 8.87. The minimum absolute atomic E-state index is 0.215. The Morgan fingerprint density at radius 3 is 2.40 bits per heavy atom. The number of hydrogen-bond donors (Lipinski definition) is 1. The third-order valence-electron chi connectivity index (χ3n) is 6.36. The van der Waals surface area contributed by atoms with Gasteiger partial charge < -0.3 is 10.2 Å². The van der Waals surface area contributed by atoms with E-state index < -0.39 is 5.69 Å². The molecule has 1 aliphatic heterocycles. The van der Waals surface area contributed by atoms with Crippen molar-refractivity contribution in [2.45, 2.75) is 37.8 Å². The molecule has 2 heterocycles. The highest BCUT2D eigenvalue weighted by Gasteiger charge is 2.29. The lowest BCUT2D eigenvalue weighted by molar-refractivity contribution is 0.144. The molecule has 1 saturated carbocycles. The molecule has 1 N–H and O–H groups in total. The van der Waals surface area contributed by atoms with Crippen LogP contribution in [0.4, 0.5) is 11.5 Å². The quantitative estimate of drug-likeness (QED) is 0.792. The molecule has 2 fully saturated rings. The summed E-state index contributed by atoms with van der Waals surface area (Å²) in [7, 11) is 3.05. The summed E-state index contributed by atoms with van der Waals surface area (Å²) in [6.07, 6.45) is 4.18. The van der Waals surface area contributed by atoms with Crippen molar-refractivity contribution in [2.24, 2.45) is 14.1 Å². The molecule has 0 amide bonds. The van der Waals surface area contributed by atoms with E-state index in [9.17, 15) is 9.59 Å². The first-order valence-corrected chi connectivity index (χ1v) is 11.0. The van der Waals surface area contributed by atoms with Gasteiger partial charge in [-0.1, -0.05) is 17.7 Å². The van der Waals surface area contributed by atoms with Crippen LogP contribution in [0.5, 0.6) is 0 Å². The van der Waals surface area contributed by atoms with Crippen LogP contribution in [0, 0.1) is 0 Å². The number of nitrogens with zero attached hydrogens (tertiary/aromatic N) is 5. The van der Waals surface area contributed by atoms with Crippen LogP contribution in [-0.2, 0) is 14.1 Å². The molecule has 0 spiro atoms. The second kappa shape index (κ2) is 8.81. The molecule has 1 aromatic carbocycles. The number of rotatable bonds is 4. The number of aromatic nitrogens is 3. The van der Waals surface area contributed by atoms with E-state index >= 15 is 0 Å². The second-order valence-electron chi connectivity index (χ2n) is 8.27. The summed E-state index contributed by atoms with van der Waals surface area (Å²) in [5.74, 6) is 0.262. The summed E-state index contributed by atoms with van der Waals surface area (Å²) in [6.45, 7) is 4.13. The normalized spacial score (nSPS) is 22.8. The molecule has 162 valence electrons. The van der Waals surface area contributed by atoms with Gasteiger partial charge in [-0.3, -0.25) is 14.3 Å². The van der Waals surface area contributed by atoms with E-state index in [-0.39, 0.29) is 17.4 Å². The Labute approximate surface area is 181 Å². The van der Waals surface area contributed by atoms with Gasteiger partial charge in [0.25, 0.3) is 5.56 Å². The Balaban J connectivity index is 1.29. The minimum atomic E-state index is -0.411. The molecule has 1 aromatic heterocycles. The third-order valence-corrected chi connectivity index (χ3v) is 6.60. The maximum atomic E-state index is 12.3. The van der Waals surface area contributed by atoms with Crippen LogP contribution in [-0.4, -0.2) is 57.5 Å². The average molecular weight is 433 g/mol. The predicted molar refractivity (Wildman–Crippen MR) is 120 cm³/mol. The highest BCUT2D eigenvalue weighted by Crippen LogP contribution is 2.27. The maximum Gasteiger partial charge on any atom is 0.346 e. The molecule has 2 aliphatic rings. The monoisotopic (exact) mass is 432 g/mol. The molecule has 1 saturated heterocycles. The van der Waals surface area contributed by atoms with Crippen molar-refractivity contribution in [1.29, 1.82) is 0 Å². The van der Waals surface area contributed by atoms with Crippen molar-refractivity contribution in [2.75, 3.05) is 36.4 Å². The molecular formula is C21H29ClN6O2. The van der Waals surface area contributed by atoms with Gasteiger partial charge in [-0.05, 0) is 43.9 Å². The Morgan fingerprint density at radius 2 is 1.73 bits per heavy atom. The van der Waals surface area contributed by atoms with Crippen LogP contribution in [0.25, 0.3) is 0 Å². The zero-order valence-corrected chi connectivity index (χ0v) is 18.3. The number of piperazine rings is 1. The smallest absolute Gasteiger partial charge is 0.346 e. The van der Waals surface area contributed by atoms with E-state index in [1.807, 2.05) is 18.2 Å². The largest absolute Gasteiger partial charge is 0.369 e. The van der Waals surface area contributed by atoms with E-state index in [4.69, 9.17) is 11.6 Å². The fourth-order valence-corrected chi connectivity index (χ4v) is 4.77. The molecule has 0 bridgehead atoms. The highest BCUT2D eigenvalue weighted by atomic mass is 35.5. The first kappa shape index (κ1) is 20.9. The highest BCUT2D eigenvalue weighted by molar-refractivity contribution is 6.30. The number of nitrogens with one attached hydrogen (secondary N) is 1. The van der Waals surface area contributed by atoms with Crippen molar-refractivity contribution in [1.82, 2.24) is 19.2 Å². The van der Waals surface area contributed by atoms with Crippen molar-refractivity contribution in [3.8, 4) is 0 Å². The van der Waals surface area contributed by atoms with Crippen LogP contribution in [0.15, 0.2) is 33.9 Å². The summed E-state index contributed by atoms with van der Waals surface area (Å²) < 4.78 is 2.30. The van der Waals surface area contributed by atoms with Gasteiger partial charge in [-0.15, -0.1) is 5.10 Å². The number of benzene rings is 1.